The molecule has 0 bridgehead atoms. The number of rotatable bonds is 5. The highest BCUT2D eigenvalue weighted by Gasteiger charge is 2.37. The van der Waals surface area contributed by atoms with Crippen LogP contribution in [-0.4, -0.2) is 34.0 Å². The van der Waals surface area contributed by atoms with Crippen molar-refractivity contribution in [2.45, 2.75) is 19.8 Å². The van der Waals surface area contributed by atoms with E-state index in [0.29, 0.717) is 32.7 Å². The lowest BCUT2D eigenvalue weighted by molar-refractivity contribution is 0.00198. The van der Waals surface area contributed by atoms with Crippen LogP contribution in [0.3, 0.4) is 0 Å². The summed E-state index contributed by atoms with van der Waals surface area (Å²) in [6.07, 6.45) is 1.28. The van der Waals surface area contributed by atoms with Crippen molar-refractivity contribution < 1.29 is 17.9 Å². The Morgan fingerprint density at radius 1 is 1.38 bits per heavy atom. The Bertz CT molecular complexity index is 597. The molecule has 0 radical (unpaired) electrons. The molecule has 1 heterocycles. The van der Waals surface area contributed by atoms with Crippen LogP contribution < -0.4 is 9.88 Å². The first kappa shape index (κ1) is 16.7. The zero-order valence-electron chi connectivity index (χ0n) is 12.0. The normalized spacial score (nSPS) is 18.4. The Kier molecular flexibility index (Phi) is 5.29. The fraction of sp³-hybridized carbons (Fsp3) is 0.571. The molecule has 0 unspecified atom stereocenters. The van der Waals surface area contributed by atoms with E-state index in [-0.39, 0.29) is 5.75 Å². The van der Waals surface area contributed by atoms with E-state index in [1.807, 2.05) is 25.1 Å². The van der Waals surface area contributed by atoms with Gasteiger partial charge in [-0.3, -0.25) is 0 Å². The summed E-state index contributed by atoms with van der Waals surface area (Å²) >= 11 is 3.41. The van der Waals surface area contributed by atoms with Gasteiger partial charge in [0.1, 0.15) is 5.75 Å². The van der Waals surface area contributed by atoms with Gasteiger partial charge in [0.15, 0.2) is 0 Å². The molecule has 0 atom stereocenters. The number of aryl methyl sites for hydroxylation is 1. The number of halogens is 1. The number of ether oxygens (including phenoxy) is 2. The van der Waals surface area contributed by atoms with Gasteiger partial charge >= 0.3 is 0 Å². The molecular formula is C14H20BrNO4S. The van der Waals surface area contributed by atoms with Gasteiger partial charge in [-0.05, 0) is 43.5 Å². The Hall–Kier alpha value is -0.630. The van der Waals surface area contributed by atoms with Crippen molar-refractivity contribution in [3.05, 3.63) is 28.2 Å². The van der Waals surface area contributed by atoms with Crippen LogP contribution in [0.4, 0.5) is 0 Å². The first-order chi connectivity index (χ1) is 9.80. The van der Waals surface area contributed by atoms with Gasteiger partial charge in [-0.2, -0.15) is 0 Å². The van der Waals surface area contributed by atoms with Crippen LogP contribution in [0.25, 0.3) is 0 Å². The number of nitrogens with two attached hydrogens (primary N) is 1. The maximum absolute atomic E-state index is 11.5. The molecule has 1 aliphatic heterocycles. The lowest BCUT2D eigenvalue weighted by atomic mass is 9.83. The predicted molar refractivity (Wildman–Crippen MR) is 84.8 cm³/mol. The van der Waals surface area contributed by atoms with Gasteiger partial charge in [-0.15, -0.1) is 0 Å². The summed E-state index contributed by atoms with van der Waals surface area (Å²) in [7, 11) is -3.55. The van der Waals surface area contributed by atoms with Gasteiger partial charge in [0.25, 0.3) is 0 Å². The minimum absolute atomic E-state index is 0.0705. The number of hydrogen-bond acceptors (Lipinski definition) is 4. The average Bonchev–Trinajstić information content (AvgIpc) is 2.37. The zero-order valence-corrected chi connectivity index (χ0v) is 14.4. The van der Waals surface area contributed by atoms with Crippen LogP contribution in [0, 0.1) is 12.3 Å². The molecule has 0 aliphatic carbocycles. The molecule has 1 fully saturated rings. The summed E-state index contributed by atoms with van der Waals surface area (Å²) in [6.45, 7) is 3.36. The molecule has 0 amide bonds. The maximum Gasteiger partial charge on any atom is 0.209 e. The summed E-state index contributed by atoms with van der Waals surface area (Å²) in [5, 5.41) is 5.24. The standard InChI is InChI=1S/C14H20BrNO4S/c1-11-8-12(15)2-3-13(11)20-9-14(10-21(16,17)18)4-6-19-7-5-14/h2-3,8H,4-7,9-10H2,1H3,(H2,16,17,18). The molecule has 1 saturated heterocycles. The molecule has 2 N–H and O–H groups in total. The number of hydrogen-bond donors (Lipinski definition) is 1. The summed E-state index contributed by atoms with van der Waals surface area (Å²) < 4.78 is 35.2. The van der Waals surface area contributed by atoms with E-state index in [1.54, 1.807) is 0 Å². The van der Waals surface area contributed by atoms with Crippen LogP contribution in [0.1, 0.15) is 18.4 Å². The van der Waals surface area contributed by atoms with E-state index in [9.17, 15) is 8.42 Å². The quantitative estimate of drug-likeness (QED) is 0.852. The minimum Gasteiger partial charge on any atom is -0.493 e. The molecule has 21 heavy (non-hydrogen) atoms. The molecule has 7 heteroatoms. The van der Waals surface area contributed by atoms with Crippen molar-refractivity contribution in [1.29, 1.82) is 0 Å². The zero-order chi connectivity index (χ0) is 15.5. The van der Waals surface area contributed by atoms with Gasteiger partial charge in [0.2, 0.25) is 10.0 Å². The summed E-state index contributed by atoms with van der Waals surface area (Å²) in [6, 6.07) is 5.74. The van der Waals surface area contributed by atoms with Crippen molar-refractivity contribution in [1.82, 2.24) is 0 Å². The molecule has 5 nitrogen and oxygen atoms in total. The molecule has 118 valence electrons. The third-order valence-corrected chi connectivity index (χ3v) is 5.24. The fourth-order valence-corrected chi connectivity index (χ4v) is 4.27. The van der Waals surface area contributed by atoms with Gasteiger partial charge in [-0.25, -0.2) is 13.6 Å². The molecule has 1 aromatic rings. The summed E-state index contributed by atoms with van der Waals surface area (Å²) in [4.78, 5) is 0. The summed E-state index contributed by atoms with van der Waals surface area (Å²) in [5.74, 6) is 0.692. The lowest BCUT2D eigenvalue weighted by Crippen LogP contribution is -2.42. The Morgan fingerprint density at radius 2 is 2.05 bits per heavy atom. The number of sulfonamides is 1. The van der Waals surface area contributed by atoms with Crippen LogP contribution >= 0.6 is 15.9 Å². The largest absolute Gasteiger partial charge is 0.493 e. The van der Waals surface area contributed by atoms with Gasteiger partial charge in [0, 0.05) is 23.1 Å². The number of primary sulfonamides is 1. The molecule has 2 rings (SSSR count). The van der Waals surface area contributed by atoms with Crippen molar-refractivity contribution in [2.75, 3.05) is 25.6 Å². The Morgan fingerprint density at radius 3 is 2.62 bits per heavy atom. The number of benzene rings is 1. The molecule has 0 saturated carbocycles. The van der Waals surface area contributed by atoms with E-state index in [2.05, 4.69) is 15.9 Å². The maximum atomic E-state index is 11.5. The van der Waals surface area contributed by atoms with Gasteiger partial charge in [-0.1, -0.05) is 15.9 Å². The smallest absolute Gasteiger partial charge is 0.209 e. The molecule has 0 aromatic heterocycles. The van der Waals surface area contributed by atoms with Crippen LogP contribution in [-0.2, 0) is 14.8 Å². The van der Waals surface area contributed by atoms with E-state index in [0.717, 1.165) is 15.8 Å². The van der Waals surface area contributed by atoms with Crippen molar-refractivity contribution in [3.8, 4) is 5.75 Å². The Labute approximate surface area is 134 Å². The first-order valence-electron chi connectivity index (χ1n) is 6.77. The third kappa shape index (κ3) is 4.95. The fourth-order valence-electron chi connectivity index (χ4n) is 2.57. The van der Waals surface area contributed by atoms with Gasteiger partial charge < -0.3 is 9.47 Å². The first-order valence-corrected chi connectivity index (χ1v) is 9.28. The monoisotopic (exact) mass is 377 g/mol. The second-order valence-corrected chi connectivity index (χ2v) is 8.15. The van der Waals surface area contributed by atoms with Crippen molar-refractivity contribution >= 4 is 26.0 Å². The second-order valence-electron chi connectivity index (χ2n) is 5.62. The molecule has 0 spiro atoms. The molecular weight excluding hydrogens is 358 g/mol. The minimum atomic E-state index is -3.55. The highest BCUT2D eigenvalue weighted by atomic mass is 79.9. The topological polar surface area (TPSA) is 78.6 Å². The van der Waals surface area contributed by atoms with Crippen LogP contribution in [0.2, 0.25) is 0 Å². The van der Waals surface area contributed by atoms with E-state index in [1.165, 1.54) is 0 Å². The predicted octanol–water partition coefficient (Wildman–Crippen LogP) is 2.22. The van der Waals surface area contributed by atoms with E-state index < -0.39 is 15.4 Å². The van der Waals surface area contributed by atoms with E-state index >= 15 is 0 Å². The van der Waals surface area contributed by atoms with E-state index in [4.69, 9.17) is 14.6 Å². The van der Waals surface area contributed by atoms with Crippen molar-refractivity contribution in [2.24, 2.45) is 10.6 Å². The van der Waals surface area contributed by atoms with Crippen LogP contribution in [0.15, 0.2) is 22.7 Å². The van der Waals surface area contributed by atoms with Crippen LogP contribution in [0.5, 0.6) is 5.75 Å². The SMILES string of the molecule is Cc1cc(Br)ccc1OCC1(CS(N)(=O)=O)CCOCC1. The molecule has 1 aliphatic rings. The van der Waals surface area contributed by atoms with Gasteiger partial charge in [0.05, 0.1) is 12.4 Å². The molecule has 1 aromatic carbocycles. The average molecular weight is 378 g/mol. The van der Waals surface area contributed by atoms with Crippen molar-refractivity contribution in [3.63, 3.8) is 0 Å². The highest BCUT2D eigenvalue weighted by Crippen LogP contribution is 2.33. The second kappa shape index (κ2) is 6.64. The Balaban J connectivity index is 2.12. The highest BCUT2D eigenvalue weighted by molar-refractivity contribution is 9.10. The third-order valence-electron chi connectivity index (χ3n) is 3.73. The lowest BCUT2D eigenvalue weighted by Gasteiger charge is -2.36. The summed E-state index contributed by atoms with van der Waals surface area (Å²) in [5.41, 5.74) is 0.535.